The van der Waals surface area contributed by atoms with Crippen LogP contribution in [0.5, 0.6) is 0 Å². The number of carbonyl (C=O) groups is 2. The molecule has 3 aliphatic rings. The van der Waals surface area contributed by atoms with Crippen molar-refractivity contribution in [3.05, 3.63) is 59.6 Å². The zero-order valence-electron chi connectivity index (χ0n) is 14.6. The predicted molar refractivity (Wildman–Crippen MR) is 101 cm³/mol. The number of hydrogen-bond acceptors (Lipinski definition) is 5. The predicted octanol–water partition coefficient (Wildman–Crippen LogP) is 2.11. The lowest BCUT2D eigenvalue weighted by Gasteiger charge is -2.23. The first-order valence-electron chi connectivity index (χ1n) is 9.06. The molecule has 5 rings (SSSR count). The number of fused-ring (bicyclic) bond motifs is 1. The summed E-state index contributed by atoms with van der Waals surface area (Å²) in [6.07, 6.45) is 6.01. The molecule has 138 valence electrons. The quantitative estimate of drug-likeness (QED) is 0.806. The zero-order chi connectivity index (χ0) is 18.4. The van der Waals surface area contributed by atoms with Crippen LogP contribution >= 0.6 is 11.3 Å². The highest BCUT2D eigenvalue weighted by molar-refractivity contribution is 7.13. The number of rotatable bonds is 5. The maximum absolute atomic E-state index is 13.1. The summed E-state index contributed by atoms with van der Waals surface area (Å²) in [5, 5.41) is 5.19. The van der Waals surface area contributed by atoms with Gasteiger partial charge < -0.3 is 15.0 Å². The van der Waals surface area contributed by atoms with Crippen molar-refractivity contribution in [2.45, 2.75) is 18.1 Å². The molecule has 3 aliphatic heterocycles. The van der Waals surface area contributed by atoms with Crippen molar-refractivity contribution in [2.24, 2.45) is 11.8 Å². The second-order valence-electron chi connectivity index (χ2n) is 7.22. The van der Waals surface area contributed by atoms with Crippen LogP contribution < -0.4 is 5.32 Å². The van der Waals surface area contributed by atoms with Crippen LogP contribution in [-0.4, -0.2) is 46.5 Å². The largest absolute Gasteiger partial charge is 0.360 e. The second-order valence-corrected chi connectivity index (χ2v) is 8.12. The monoisotopic (exact) mass is 381 g/mol. The average molecular weight is 381 g/mol. The smallest absolute Gasteiger partial charge is 0.233 e. The van der Waals surface area contributed by atoms with Crippen LogP contribution in [0.25, 0.3) is 0 Å². The number of benzene rings is 1. The van der Waals surface area contributed by atoms with Crippen molar-refractivity contribution >= 4 is 28.3 Å². The summed E-state index contributed by atoms with van der Waals surface area (Å²) in [4.78, 5) is 31.9. The summed E-state index contributed by atoms with van der Waals surface area (Å²) in [5.41, 5.74) is 0.530. The van der Waals surface area contributed by atoms with Crippen LogP contribution in [0.1, 0.15) is 5.56 Å². The Hall–Kier alpha value is -2.51. The topological polar surface area (TPSA) is 71.5 Å². The first kappa shape index (κ1) is 16.6. The number of nitrogens with one attached hydrogen (secondary N) is 1. The van der Waals surface area contributed by atoms with Gasteiger partial charge in [0.25, 0.3) is 0 Å². The van der Waals surface area contributed by atoms with Gasteiger partial charge in [-0.2, -0.15) is 0 Å². The Morgan fingerprint density at radius 2 is 2.22 bits per heavy atom. The van der Waals surface area contributed by atoms with E-state index >= 15 is 0 Å². The molecule has 2 saturated heterocycles. The van der Waals surface area contributed by atoms with Crippen LogP contribution in [-0.2, 0) is 20.7 Å². The van der Waals surface area contributed by atoms with Gasteiger partial charge in [-0.3, -0.25) is 9.59 Å². The van der Waals surface area contributed by atoms with E-state index in [4.69, 9.17) is 4.74 Å². The molecule has 1 aromatic carbocycles. The second kappa shape index (κ2) is 6.28. The van der Waals surface area contributed by atoms with E-state index in [1.807, 2.05) is 35.3 Å². The fraction of sp³-hybridized carbons (Fsp3) is 0.350. The third-order valence-corrected chi connectivity index (χ3v) is 6.35. The molecule has 7 heteroatoms. The minimum atomic E-state index is -0.663. The summed E-state index contributed by atoms with van der Waals surface area (Å²) in [6.45, 7) is 1.14. The van der Waals surface area contributed by atoms with E-state index in [1.165, 1.54) is 16.9 Å². The Labute approximate surface area is 160 Å². The van der Waals surface area contributed by atoms with Crippen molar-refractivity contribution in [2.75, 3.05) is 18.4 Å². The molecule has 6 nitrogen and oxygen atoms in total. The zero-order valence-corrected chi connectivity index (χ0v) is 15.4. The van der Waals surface area contributed by atoms with Crippen LogP contribution in [0.3, 0.4) is 0 Å². The number of carbonyl (C=O) groups excluding carboxylic acids is 2. The molecule has 0 saturated carbocycles. The van der Waals surface area contributed by atoms with E-state index in [0.29, 0.717) is 18.2 Å². The molecule has 0 aliphatic carbocycles. The Morgan fingerprint density at radius 3 is 3.00 bits per heavy atom. The highest BCUT2D eigenvalue weighted by Crippen LogP contribution is 2.52. The molecule has 2 bridgehead atoms. The summed E-state index contributed by atoms with van der Waals surface area (Å²) in [6, 6.07) is 10.1. The first-order valence-corrected chi connectivity index (χ1v) is 9.94. The minimum absolute atomic E-state index is 0.0112. The number of likely N-dealkylation sites (tertiary alicyclic amines) is 1. The van der Waals surface area contributed by atoms with Gasteiger partial charge in [0.2, 0.25) is 11.8 Å². The summed E-state index contributed by atoms with van der Waals surface area (Å²) >= 11 is 1.36. The number of amides is 2. The van der Waals surface area contributed by atoms with Crippen molar-refractivity contribution in [3.8, 4) is 0 Å². The molecular formula is C20H19N3O3S. The number of nitrogens with zero attached hydrogens (tertiary/aromatic N) is 2. The summed E-state index contributed by atoms with van der Waals surface area (Å²) < 4.78 is 6.14. The highest BCUT2D eigenvalue weighted by Gasteiger charge is 2.66. The molecule has 2 fully saturated rings. The van der Waals surface area contributed by atoms with E-state index < -0.39 is 17.4 Å². The highest BCUT2D eigenvalue weighted by atomic mass is 32.1. The van der Waals surface area contributed by atoms with Crippen molar-refractivity contribution < 1.29 is 14.3 Å². The Morgan fingerprint density at radius 1 is 1.37 bits per heavy atom. The SMILES string of the molecule is O=C(Nc1nccs1)[C@H]1[C@H]2C(=O)N(CCc3ccccc3)C[C@@]23C=C[C@H]1O3. The van der Waals surface area contributed by atoms with Crippen LogP contribution in [0.4, 0.5) is 5.13 Å². The molecule has 0 radical (unpaired) electrons. The lowest BCUT2D eigenvalue weighted by Crippen LogP contribution is -2.41. The van der Waals surface area contributed by atoms with Gasteiger partial charge in [-0.05, 0) is 12.0 Å². The molecule has 0 unspecified atom stereocenters. The van der Waals surface area contributed by atoms with E-state index in [1.54, 1.807) is 11.6 Å². The molecule has 2 amide bonds. The van der Waals surface area contributed by atoms with Gasteiger partial charge in [-0.15, -0.1) is 11.3 Å². The summed E-state index contributed by atoms with van der Waals surface area (Å²) in [5.74, 6) is -1.14. The molecule has 1 N–H and O–H groups in total. The third kappa shape index (κ3) is 2.69. The van der Waals surface area contributed by atoms with Gasteiger partial charge in [0, 0.05) is 18.1 Å². The molecule has 4 atom stereocenters. The molecule has 4 heterocycles. The van der Waals surface area contributed by atoms with Crippen molar-refractivity contribution in [3.63, 3.8) is 0 Å². The molecular weight excluding hydrogens is 362 g/mol. The number of anilines is 1. The van der Waals surface area contributed by atoms with Crippen molar-refractivity contribution in [1.29, 1.82) is 0 Å². The maximum atomic E-state index is 13.1. The standard InChI is InChI=1S/C20H19N3O3S/c24-17(22-19-21-9-11-27-19)15-14-6-8-20(26-14)12-23(18(25)16(15)20)10-7-13-4-2-1-3-5-13/h1-6,8-9,11,14-16H,7,10,12H2,(H,21,22,24)/t14-,15-,16+,20+/m1/s1. The molecule has 1 aromatic heterocycles. The summed E-state index contributed by atoms with van der Waals surface area (Å²) in [7, 11) is 0. The fourth-order valence-corrected chi connectivity index (χ4v) is 4.98. The van der Waals surface area contributed by atoms with E-state index in [-0.39, 0.29) is 17.9 Å². The number of aromatic nitrogens is 1. The van der Waals surface area contributed by atoms with Gasteiger partial charge in [0.05, 0.1) is 24.5 Å². The van der Waals surface area contributed by atoms with Crippen LogP contribution in [0, 0.1) is 11.8 Å². The van der Waals surface area contributed by atoms with Gasteiger partial charge in [-0.25, -0.2) is 4.98 Å². The number of hydrogen-bond donors (Lipinski definition) is 1. The number of thiazole rings is 1. The average Bonchev–Trinajstić information content (AvgIpc) is 3.44. The van der Waals surface area contributed by atoms with Gasteiger partial charge in [-0.1, -0.05) is 42.5 Å². The van der Waals surface area contributed by atoms with Gasteiger partial charge in [0.15, 0.2) is 5.13 Å². The van der Waals surface area contributed by atoms with Crippen LogP contribution in [0.15, 0.2) is 54.1 Å². The lowest BCUT2D eigenvalue weighted by molar-refractivity contribution is -0.135. The fourth-order valence-electron chi connectivity index (χ4n) is 4.45. The van der Waals surface area contributed by atoms with Crippen LogP contribution in [0.2, 0.25) is 0 Å². The third-order valence-electron chi connectivity index (χ3n) is 5.66. The lowest BCUT2D eigenvalue weighted by atomic mass is 9.77. The van der Waals surface area contributed by atoms with E-state index in [0.717, 1.165) is 6.42 Å². The first-order chi connectivity index (χ1) is 13.2. The molecule has 2 aromatic rings. The normalized spacial score (nSPS) is 30.7. The van der Waals surface area contributed by atoms with E-state index in [2.05, 4.69) is 22.4 Å². The minimum Gasteiger partial charge on any atom is -0.360 e. The van der Waals surface area contributed by atoms with Crippen molar-refractivity contribution in [1.82, 2.24) is 9.88 Å². The Balaban J connectivity index is 1.33. The molecule has 27 heavy (non-hydrogen) atoms. The van der Waals surface area contributed by atoms with E-state index in [9.17, 15) is 9.59 Å². The molecule has 1 spiro atoms. The van der Waals surface area contributed by atoms with Gasteiger partial charge in [0.1, 0.15) is 5.60 Å². The van der Waals surface area contributed by atoms with Gasteiger partial charge >= 0.3 is 0 Å². The number of ether oxygens (including phenoxy) is 1. The Bertz CT molecular complexity index is 898. The maximum Gasteiger partial charge on any atom is 0.233 e. The Kier molecular flexibility index (Phi) is 3.87.